The predicted octanol–water partition coefficient (Wildman–Crippen LogP) is 0.287. The largest absolute Gasteiger partial charge is 0.480 e. The van der Waals surface area contributed by atoms with E-state index in [0.29, 0.717) is 19.6 Å². The van der Waals surface area contributed by atoms with E-state index in [4.69, 9.17) is 9.84 Å². The molecule has 0 aliphatic heterocycles. The predicted molar refractivity (Wildman–Crippen MR) is 73.2 cm³/mol. The van der Waals surface area contributed by atoms with Crippen LogP contribution in [0.25, 0.3) is 0 Å². The quantitative estimate of drug-likeness (QED) is 0.501. The van der Waals surface area contributed by atoms with Gasteiger partial charge in [0.25, 0.3) is 0 Å². The zero-order chi connectivity index (χ0) is 15.5. The van der Waals surface area contributed by atoms with Crippen LogP contribution in [0.2, 0.25) is 0 Å². The van der Waals surface area contributed by atoms with Crippen LogP contribution in [0.5, 0.6) is 0 Å². The summed E-state index contributed by atoms with van der Waals surface area (Å²) in [5.41, 5.74) is 0. The van der Waals surface area contributed by atoms with Crippen LogP contribution in [0.1, 0.15) is 40.0 Å². The number of carbonyl (C=O) groups is 3. The van der Waals surface area contributed by atoms with Gasteiger partial charge in [0.1, 0.15) is 6.04 Å². The molecule has 7 heteroatoms. The highest BCUT2D eigenvalue weighted by atomic mass is 16.5. The van der Waals surface area contributed by atoms with Crippen LogP contribution in [0.3, 0.4) is 0 Å². The number of hydrogen-bond acceptors (Lipinski definition) is 4. The van der Waals surface area contributed by atoms with Crippen molar-refractivity contribution in [2.24, 2.45) is 0 Å². The van der Waals surface area contributed by atoms with Crippen molar-refractivity contribution in [3.63, 3.8) is 0 Å². The van der Waals surface area contributed by atoms with Gasteiger partial charge in [0, 0.05) is 26.0 Å². The number of rotatable bonds is 10. The molecule has 0 bridgehead atoms. The summed E-state index contributed by atoms with van der Waals surface area (Å²) in [6.07, 6.45) is 0.909. The first kappa shape index (κ1) is 18.4. The van der Waals surface area contributed by atoms with Gasteiger partial charge in [-0.1, -0.05) is 0 Å². The fourth-order valence-corrected chi connectivity index (χ4v) is 1.31. The van der Waals surface area contributed by atoms with Gasteiger partial charge < -0.3 is 20.5 Å². The number of carbonyl (C=O) groups excluding carboxylic acids is 2. The minimum atomic E-state index is -1.10. The lowest BCUT2D eigenvalue weighted by Gasteiger charge is -2.10. The molecule has 0 aromatic rings. The molecule has 0 spiro atoms. The van der Waals surface area contributed by atoms with Crippen LogP contribution in [-0.2, 0) is 19.1 Å². The minimum absolute atomic E-state index is 0.0219. The second kappa shape index (κ2) is 10.2. The number of ether oxygens (including phenoxy) is 1. The Morgan fingerprint density at radius 3 is 2.25 bits per heavy atom. The Morgan fingerprint density at radius 2 is 1.70 bits per heavy atom. The van der Waals surface area contributed by atoms with Crippen molar-refractivity contribution in [1.29, 1.82) is 0 Å². The van der Waals surface area contributed by atoms with Gasteiger partial charge in [0.05, 0.1) is 6.10 Å². The van der Waals surface area contributed by atoms with Crippen LogP contribution in [0, 0.1) is 0 Å². The number of aliphatic carboxylic acids is 1. The number of nitrogens with one attached hydrogen (secondary N) is 2. The van der Waals surface area contributed by atoms with Crippen molar-refractivity contribution >= 4 is 17.8 Å². The van der Waals surface area contributed by atoms with Gasteiger partial charge in [-0.05, 0) is 27.2 Å². The zero-order valence-corrected chi connectivity index (χ0v) is 12.3. The Bertz CT molecular complexity index is 331. The van der Waals surface area contributed by atoms with Crippen molar-refractivity contribution in [2.45, 2.75) is 52.2 Å². The van der Waals surface area contributed by atoms with E-state index < -0.39 is 17.9 Å². The molecular weight excluding hydrogens is 264 g/mol. The maximum Gasteiger partial charge on any atom is 0.325 e. The minimum Gasteiger partial charge on any atom is -0.480 e. The monoisotopic (exact) mass is 288 g/mol. The number of hydrogen-bond donors (Lipinski definition) is 3. The smallest absolute Gasteiger partial charge is 0.325 e. The molecule has 0 fully saturated rings. The maximum atomic E-state index is 11.4. The first-order valence-corrected chi connectivity index (χ1v) is 6.73. The van der Waals surface area contributed by atoms with Gasteiger partial charge in [-0.25, -0.2) is 0 Å². The molecule has 0 aliphatic carbocycles. The average molecular weight is 288 g/mol. The Balaban J connectivity index is 3.62. The SMILES string of the molecule is CC(C)OCCCNC(=O)CCC(=O)NC(C)C(=O)O. The highest BCUT2D eigenvalue weighted by Gasteiger charge is 2.14. The molecule has 0 rings (SSSR count). The third-order valence-corrected chi connectivity index (χ3v) is 2.42. The lowest BCUT2D eigenvalue weighted by Crippen LogP contribution is -2.38. The number of carboxylic acid groups (broad SMARTS) is 1. The van der Waals surface area contributed by atoms with Gasteiger partial charge in [-0.2, -0.15) is 0 Å². The van der Waals surface area contributed by atoms with Gasteiger partial charge in [0.15, 0.2) is 0 Å². The molecule has 7 nitrogen and oxygen atoms in total. The summed E-state index contributed by atoms with van der Waals surface area (Å²) in [7, 11) is 0. The van der Waals surface area contributed by atoms with E-state index in [0.717, 1.165) is 0 Å². The first-order valence-electron chi connectivity index (χ1n) is 6.73. The summed E-state index contributed by atoms with van der Waals surface area (Å²) in [5.74, 6) is -1.78. The van der Waals surface area contributed by atoms with Crippen LogP contribution in [-0.4, -0.2) is 48.2 Å². The maximum absolute atomic E-state index is 11.4. The molecule has 3 N–H and O–H groups in total. The Hall–Kier alpha value is -1.63. The summed E-state index contributed by atoms with van der Waals surface area (Å²) in [5, 5.41) is 13.6. The third-order valence-electron chi connectivity index (χ3n) is 2.42. The van der Waals surface area contributed by atoms with Gasteiger partial charge in [0.2, 0.25) is 11.8 Å². The van der Waals surface area contributed by atoms with E-state index in [2.05, 4.69) is 10.6 Å². The van der Waals surface area contributed by atoms with Crippen LogP contribution >= 0.6 is 0 Å². The molecule has 0 saturated carbocycles. The van der Waals surface area contributed by atoms with Gasteiger partial charge in [-0.3, -0.25) is 14.4 Å². The fraction of sp³-hybridized carbons (Fsp3) is 0.769. The average Bonchev–Trinajstić information content (AvgIpc) is 2.35. The summed E-state index contributed by atoms with van der Waals surface area (Å²) < 4.78 is 5.32. The molecule has 20 heavy (non-hydrogen) atoms. The Kier molecular flexibility index (Phi) is 9.36. The molecule has 2 amide bonds. The van der Waals surface area contributed by atoms with E-state index in [1.807, 2.05) is 13.8 Å². The molecule has 1 unspecified atom stereocenters. The number of amides is 2. The summed E-state index contributed by atoms with van der Waals surface area (Å²) >= 11 is 0. The highest BCUT2D eigenvalue weighted by Crippen LogP contribution is 1.93. The molecule has 116 valence electrons. The Morgan fingerprint density at radius 1 is 1.10 bits per heavy atom. The second-order valence-corrected chi connectivity index (χ2v) is 4.75. The fourth-order valence-electron chi connectivity index (χ4n) is 1.31. The van der Waals surface area contributed by atoms with Crippen LogP contribution < -0.4 is 10.6 Å². The van der Waals surface area contributed by atoms with Crippen molar-refractivity contribution < 1.29 is 24.2 Å². The lowest BCUT2D eigenvalue weighted by atomic mass is 10.2. The van der Waals surface area contributed by atoms with E-state index in [-0.39, 0.29) is 24.9 Å². The molecular formula is C13H24N2O5. The van der Waals surface area contributed by atoms with Crippen molar-refractivity contribution in [3.8, 4) is 0 Å². The van der Waals surface area contributed by atoms with Gasteiger partial charge >= 0.3 is 5.97 Å². The van der Waals surface area contributed by atoms with Gasteiger partial charge in [-0.15, -0.1) is 0 Å². The molecule has 0 saturated heterocycles. The first-order chi connectivity index (χ1) is 9.32. The van der Waals surface area contributed by atoms with E-state index in [9.17, 15) is 14.4 Å². The zero-order valence-electron chi connectivity index (χ0n) is 12.3. The van der Waals surface area contributed by atoms with Crippen molar-refractivity contribution in [1.82, 2.24) is 10.6 Å². The number of carboxylic acids is 1. The molecule has 0 aliphatic rings. The van der Waals surface area contributed by atoms with Crippen molar-refractivity contribution in [3.05, 3.63) is 0 Å². The van der Waals surface area contributed by atoms with Crippen LogP contribution in [0.4, 0.5) is 0 Å². The van der Waals surface area contributed by atoms with E-state index in [1.165, 1.54) is 6.92 Å². The Labute approximate surface area is 119 Å². The third kappa shape index (κ3) is 10.3. The highest BCUT2D eigenvalue weighted by molar-refractivity contribution is 5.86. The van der Waals surface area contributed by atoms with E-state index >= 15 is 0 Å². The standard InChI is InChI=1S/C13H24N2O5/c1-9(2)20-8-4-7-14-11(16)5-6-12(17)15-10(3)13(18)19/h9-10H,4-8H2,1-3H3,(H,14,16)(H,15,17)(H,18,19). The summed E-state index contributed by atoms with van der Waals surface area (Å²) in [4.78, 5) is 33.3. The molecule has 0 heterocycles. The van der Waals surface area contributed by atoms with Crippen LogP contribution in [0.15, 0.2) is 0 Å². The summed E-state index contributed by atoms with van der Waals surface area (Å²) in [6.45, 7) is 6.33. The molecule has 0 radical (unpaired) electrons. The topological polar surface area (TPSA) is 105 Å². The molecule has 1 atom stereocenters. The van der Waals surface area contributed by atoms with Crippen molar-refractivity contribution in [2.75, 3.05) is 13.2 Å². The normalized spacial score (nSPS) is 12.0. The lowest BCUT2D eigenvalue weighted by molar-refractivity contribution is -0.141. The second-order valence-electron chi connectivity index (χ2n) is 4.75. The van der Waals surface area contributed by atoms with E-state index in [1.54, 1.807) is 0 Å². The molecule has 0 aromatic heterocycles. The molecule has 0 aromatic carbocycles. The summed E-state index contributed by atoms with van der Waals surface area (Å²) in [6, 6.07) is -0.946.